The number of ether oxygens (including phenoxy) is 1. The maximum atomic E-state index is 6.02. The molecule has 4 heteroatoms. The predicted molar refractivity (Wildman–Crippen MR) is 59.9 cm³/mol. The van der Waals surface area contributed by atoms with Crippen LogP contribution in [0.4, 0.5) is 0 Å². The van der Waals surface area contributed by atoms with E-state index in [0.29, 0.717) is 23.2 Å². The molecular weight excluding hydrogens is 221 g/mol. The Balaban J connectivity index is 2.92. The molecule has 0 bridgehead atoms. The second kappa shape index (κ2) is 5.56. The second-order valence-electron chi connectivity index (χ2n) is 2.85. The fourth-order valence-electron chi connectivity index (χ4n) is 1.25. The minimum atomic E-state index is -0.148. The third kappa shape index (κ3) is 2.85. The fourth-order valence-corrected chi connectivity index (χ4v) is 1.78. The second-order valence-corrected chi connectivity index (χ2v) is 3.69. The molecule has 1 atom stereocenters. The van der Waals surface area contributed by atoms with Gasteiger partial charge in [-0.1, -0.05) is 29.3 Å². The van der Waals surface area contributed by atoms with Gasteiger partial charge in [-0.3, -0.25) is 0 Å². The van der Waals surface area contributed by atoms with Crippen molar-refractivity contribution in [1.29, 1.82) is 0 Å². The van der Waals surface area contributed by atoms with Gasteiger partial charge in [0, 0.05) is 28.8 Å². The first-order valence-electron chi connectivity index (χ1n) is 4.45. The van der Waals surface area contributed by atoms with E-state index in [1.165, 1.54) is 0 Å². The Morgan fingerprint density at radius 2 is 2.14 bits per heavy atom. The third-order valence-electron chi connectivity index (χ3n) is 1.89. The van der Waals surface area contributed by atoms with E-state index < -0.39 is 0 Å². The van der Waals surface area contributed by atoms with Crippen molar-refractivity contribution in [3.63, 3.8) is 0 Å². The average Bonchev–Trinajstić information content (AvgIpc) is 2.15. The Bertz CT molecular complexity index is 304. The van der Waals surface area contributed by atoms with Crippen molar-refractivity contribution in [1.82, 2.24) is 0 Å². The Morgan fingerprint density at radius 3 is 2.64 bits per heavy atom. The van der Waals surface area contributed by atoms with Crippen molar-refractivity contribution < 1.29 is 4.74 Å². The van der Waals surface area contributed by atoms with Crippen molar-refractivity contribution in [3.05, 3.63) is 33.8 Å². The van der Waals surface area contributed by atoms with Gasteiger partial charge < -0.3 is 10.5 Å². The number of hydrogen-bond acceptors (Lipinski definition) is 2. The molecule has 0 aliphatic rings. The zero-order valence-electron chi connectivity index (χ0n) is 7.97. The molecule has 0 amide bonds. The molecule has 0 aliphatic carbocycles. The van der Waals surface area contributed by atoms with E-state index in [-0.39, 0.29) is 6.10 Å². The predicted octanol–water partition coefficient (Wildman–Crippen LogP) is 3.03. The normalized spacial score (nSPS) is 12.9. The molecule has 2 N–H and O–H groups in total. The molecule has 78 valence electrons. The molecule has 0 saturated carbocycles. The van der Waals surface area contributed by atoms with Gasteiger partial charge in [-0.2, -0.15) is 0 Å². The van der Waals surface area contributed by atoms with Crippen LogP contribution in [-0.4, -0.2) is 13.2 Å². The van der Waals surface area contributed by atoms with Crippen molar-refractivity contribution >= 4 is 23.2 Å². The van der Waals surface area contributed by atoms with Gasteiger partial charge in [0.2, 0.25) is 0 Å². The van der Waals surface area contributed by atoms with Crippen LogP contribution in [0.25, 0.3) is 0 Å². The smallest absolute Gasteiger partial charge is 0.0961 e. The summed E-state index contributed by atoms with van der Waals surface area (Å²) in [5.74, 6) is 0. The summed E-state index contributed by atoms with van der Waals surface area (Å²) in [6, 6.07) is 5.32. The van der Waals surface area contributed by atoms with Gasteiger partial charge in [0.1, 0.15) is 0 Å². The summed E-state index contributed by atoms with van der Waals surface area (Å²) in [5.41, 5.74) is 6.47. The molecule has 0 aromatic heterocycles. The largest absolute Gasteiger partial charge is 0.372 e. The highest BCUT2D eigenvalue weighted by molar-refractivity contribution is 6.35. The molecule has 0 fully saturated rings. The van der Waals surface area contributed by atoms with Gasteiger partial charge in [0.15, 0.2) is 0 Å². The van der Waals surface area contributed by atoms with Crippen LogP contribution in [0.5, 0.6) is 0 Å². The van der Waals surface area contributed by atoms with Crippen molar-refractivity contribution in [2.45, 2.75) is 13.0 Å². The average molecular weight is 234 g/mol. The SMILES string of the molecule is CCOC(CN)c1ccc(Cl)cc1Cl. The minimum absolute atomic E-state index is 0.148. The highest BCUT2D eigenvalue weighted by atomic mass is 35.5. The summed E-state index contributed by atoms with van der Waals surface area (Å²) in [6.45, 7) is 2.95. The minimum Gasteiger partial charge on any atom is -0.372 e. The van der Waals surface area contributed by atoms with E-state index in [1.807, 2.05) is 13.0 Å². The third-order valence-corrected chi connectivity index (χ3v) is 2.45. The highest BCUT2D eigenvalue weighted by Gasteiger charge is 2.12. The lowest BCUT2D eigenvalue weighted by atomic mass is 10.1. The number of benzene rings is 1. The molecule has 0 radical (unpaired) electrons. The van der Waals surface area contributed by atoms with E-state index in [2.05, 4.69) is 0 Å². The summed E-state index contributed by atoms with van der Waals surface area (Å²) < 4.78 is 5.45. The summed E-state index contributed by atoms with van der Waals surface area (Å²) in [4.78, 5) is 0. The molecule has 2 nitrogen and oxygen atoms in total. The topological polar surface area (TPSA) is 35.2 Å². The van der Waals surface area contributed by atoms with E-state index in [0.717, 1.165) is 5.56 Å². The van der Waals surface area contributed by atoms with E-state index in [4.69, 9.17) is 33.7 Å². The molecule has 0 spiro atoms. The van der Waals surface area contributed by atoms with Crippen molar-refractivity contribution in [2.75, 3.05) is 13.2 Å². The fraction of sp³-hybridized carbons (Fsp3) is 0.400. The Labute approximate surface area is 94.0 Å². The van der Waals surface area contributed by atoms with Gasteiger partial charge in [-0.25, -0.2) is 0 Å². The molecule has 1 rings (SSSR count). The van der Waals surface area contributed by atoms with E-state index in [1.54, 1.807) is 12.1 Å². The summed E-state index contributed by atoms with van der Waals surface area (Å²) >= 11 is 11.8. The van der Waals surface area contributed by atoms with Gasteiger partial charge in [0.25, 0.3) is 0 Å². The van der Waals surface area contributed by atoms with Crippen molar-refractivity contribution in [2.24, 2.45) is 5.73 Å². The summed E-state index contributed by atoms with van der Waals surface area (Å²) in [6.07, 6.45) is -0.148. The number of halogens is 2. The zero-order chi connectivity index (χ0) is 10.6. The van der Waals surface area contributed by atoms with Crippen LogP contribution in [-0.2, 0) is 4.74 Å². The molecular formula is C10H13Cl2NO. The van der Waals surface area contributed by atoms with Crippen LogP contribution in [0.1, 0.15) is 18.6 Å². The van der Waals surface area contributed by atoms with Crippen LogP contribution in [0.15, 0.2) is 18.2 Å². The lowest BCUT2D eigenvalue weighted by molar-refractivity contribution is 0.0689. The van der Waals surface area contributed by atoms with Crippen LogP contribution in [0, 0.1) is 0 Å². The van der Waals surface area contributed by atoms with Gasteiger partial charge in [0.05, 0.1) is 6.10 Å². The van der Waals surface area contributed by atoms with E-state index >= 15 is 0 Å². The van der Waals surface area contributed by atoms with Crippen LogP contribution >= 0.6 is 23.2 Å². The molecule has 14 heavy (non-hydrogen) atoms. The van der Waals surface area contributed by atoms with Gasteiger partial charge >= 0.3 is 0 Å². The molecule has 0 aliphatic heterocycles. The highest BCUT2D eigenvalue weighted by Crippen LogP contribution is 2.27. The number of nitrogens with two attached hydrogens (primary N) is 1. The number of hydrogen-bond donors (Lipinski definition) is 1. The van der Waals surface area contributed by atoms with Crippen LogP contribution in [0.2, 0.25) is 10.0 Å². The Kier molecular flexibility index (Phi) is 4.69. The summed E-state index contributed by atoms with van der Waals surface area (Å²) in [5, 5.41) is 1.22. The van der Waals surface area contributed by atoms with E-state index in [9.17, 15) is 0 Å². The Hall–Kier alpha value is -0.280. The first kappa shape index (κ1) is 11.8. The lowest BCUT2D eigenvalue weighted by Crippen LogP contribution is -2.16. The first-order chi connectivity index (χ1) is 6.69. The number of rotatable bonds is 4. The Morgan fingerprint density at radius 1 is 1.43 bits per heavy atom. The van der Waals surface area contributed by atoms with Gasteiger partial charge in [-0.15, -0.1) is 0 Å². The lowest BCUT2D eigenvalue weighted by Gasteiger charge is -2.16. The first-order valence-corrected chi connectivity index (χ1v) is 5.21. The molecule has 1 unspecified atom stereocenters. The van der Waals surface area contributed by atoms with Crippen molar-refractivity contribution in [3.8, 4) is 0 Å². The molecule has 1 aromatic carbocycles. The monoisotopic (exact) mass is 233 g/mol. The molecule has 0 saturated heterocycles. The van der Waals surface area contributed by atoms with Crippen LogP contribution < -0.4 is 5.73 Å². The standard InChI is InChI=1S/C10H13Cl2NO/c1-2-14-10(6-13)8-4-3-7(11)5-9(8)12/h3-5,10H,2,6,13H2,1H3. The summed E-state index contributed by atoms with van der Waals surface area (Å²) in [7, 11) is 0. The zero-order valence-corrected chi connectivity index (χ0v) is 9.48. The van der Waals surface area contributed by atoms with Crippen LogP contribution in [0.3, 0.4) is 0 Å². The molecule has 0 heterocycles. The maximum Gasteiger partial charge on any atom is 0.0961 e. The van der Waals surface area contributed by atoms with Gasteiger partial charge in [-0.05, 0) is 19.1 Å². The molecule has 1 aromatic rings. The quantitative estimate of drug-likeness (QED) is 0.868. The maximum absolute atomic E-state index is 6.02.